The van der Waals surface area contributed by atoms with Crippen LogP contribution in [0, 0.1) is 0 Å². The second-order valence-corrected chi connectivity index (χ2v) is 8.41. The first-order valence-corrected chi connectivity index (χ1v) is 10.3. The highest BCUT2D eigenvalue weighted by molar-refractivity contribution is 5.71. The van der Waals surface area contributed by atoms with Crippen molar-refractivity contribution in [1.82, 2.24) is 9.55 Å². The number of H-pyrrole nitrogens is 1. The molecule has 0 amide bonds. The van der Waals surface area contributed by atoms with E-state index >= 15 is 0 Å². The van der Waals surface area contributed by atoms with E-state index in [1.807, 2.05) is 12.1 Å². The van der Waals surface area contributed by atoms with Gasteiger partial charge < -0.3 is 9.72 Å². The van der Waals surface area contributed by atoms with E-state index in [4.69, 9.17) is 4.74 Å². The highest BCUT2D eigenvalue weighted by Gasteiger charge is 2.43. The molecule has 2 fully saturated rings. The fourth-order valence-corrected chi connectivity index (χ4v) is 5.45. The fourth-order valence-electron chi connectivity index (χ4n) is 5.45. The summed E-state index contributed by atoms with van der Waals surface area (Å²) in [5.74, 6) is 0. The second-order valence-electron chi connectivity index (χ2n) is 8.41. The van der Waals surface area contributed by atoms with Crippen LogP contribution >= 0.6 is 0 Å². The van der Waals surface area contributed by atoms with Crippen molar-refractivity contribution in [2.75, 3.05) is 6.61 Å². The number of hydrogen-bond acceptors (Lipinski definition) is 3. The topological polar surface area (TPSA) is 64.1 Å². The van der Waals surface area contributed by atoms with E-state index in [0.717, 1.165) is 68.4 Å². The van der Waals surface area contributed by atoms with Gasteiger partial charge in [0, 0.05) is 23.1 Å². The van der Waals surface area contributed by atoms with Gasteiger partial charge in [-0.1, -0.05) is 43.5 Å². The maximum absolute atomic E-state index is 13.6. The van der Waals surface area contributed by atoms with Crippen molar-refractivity contribution < 1.29 is 4.74 Å². The molecule has 3 aliphatic rings. The summed E-state index contributed by atoms with van der Waals surface area (Å²) in [4.78, 5) is 29.5. The van der Waals surface area contributed by atoms with Gasteiger partial charge in [-0.25, -0.2) is 4.79 Å². The largest absolute Gasteiger partial charge is 0.376 e. The normalized spacial score (nSPS) is 23.2. The number of fused-ring (bicyclic) bond motifs is 4. The number of aromatic nitrogens is 2. The van der Waals surface area contributed by atoms with E-state index in [1.54, 1.807) is 0 Å². The summed E-state index contributed by atoms with van der Waals surface area (Å²) in [7, 11) is 0. The van der Waals surface area contributed by atoms with Gasteiger partial charge in [0.1, 0.15) is 0 Å². The van der Waals surface area contributed by atoms with E-state index in [-0.39, 0.29) is 22.8 Å². The minimum absolute atomic E-state index is 0.0277. The van der Waals surface area contributed by atoms with Crippen LogP contribution < -0.4 is 11.2 Å². The van der Waals surface area contributed by atoms with Crippen molar-refractivity contribution in [3.8, 4) is 11.3 Å². The molecule has 0 radical (unpaired) electrons. The lowest BCUT2D eigenvalue weighted by molar-refractivity contribution is 0.0947. The molecule has 142 valence electrons. The lowest BCUT2D eigenvalue weighted by atomic mass is 9.62. The summed E-state index contributed by atoms with van der Waals surface area (Å²) in [5.41, 5.74) is 3.33. The third-order valence-electron chi connectivity index (χ3n) is 6.75. The van der Waals surface area contributed by atoms with Crippen molar-refractivity contribution in [2.45, 2.75) is 69.4 Å². The van der Waals surface area contributed by atoms with Crippen molar-refractivity contribution in [1.29, 1.82) is 0 Å². The number of hydrogen-bond donors (Lipinski definition) is 1. The zero-order chi connectivity index (χ0) is 18.4. The number of aromatic amines is 1. The number of nitrogens with zero attached hydrogens (tertiary/aromatic N) is 1. The summed E-state index contributed by atoms with van der Waals surface area (Å²) < 4.78 is 7.09. The second kappa shape index (κ2) is 6.48. The molecule has 1 saturated heterocycles. The van der Waals surface area contributed by atoms with Crippen LogP contribution in [0.2, 0.25) is 0 Å². The lowest BCUT2D eigenvalue weighted by Gasteiger charge is -2.42. The smallest absolute Gasteiger partial charge is 0.328 e. The Morgan fingerprint density at radius 3 is 2.70 bits per heavy atom. The summed E-state index contributed by atoms with van der Waals surface area (Å²) in [6.07, 6.45) is 8.35. The number of ether oxygens (including phenoxy) is 1. The summed E-state index contributed by atoms with van der Waals surface area (Å²) in [6.45, 7) is 1.08. The molecule has 0 bridgehead atoms. The minimum atomic E-state index is -0.308. The van der Waals surface area contributed by atoms with Gasteiger partial charge >= 0.3 is 5.69 Å². The summed E-state index contributed by atoms with van der Waals surface area (Å²) in [6, 6.07) is 8.21. The Hall–Kier alpha value is -2.14. The Balaban J connectivity index is 1.72. The highest BCUT2D eigenvalue weighted by Crippen LogP contribution is 2.48. The summed E-state index contributed by atoms with van der Waals surface area (Å²) >= 11 is 0. The first-order valence-electron chi connectivity index (χ1n) is 10.3. The number of nitrogens with one attached hydrogen (secondary N) is 1. The van der Waals surface area contributed by atoms with Gasteiger partial charge in [0.05, 0.1) is 18.3 Å². The van der Waals surface area contributed by atoms with Crippen LogP contribution in [0.5, 0.6) is 0 Å². The van der Waals surface area contributed by atoms with Crippen molar-refractivity contribution in [2.24, 2.45) is 0 Å². The van der Waals surface area contributed by atoms with Crippen LogP contribution in [0.15, 0.2) is 33.9 Å². The Labute approximate surface area is 158 Å². The Morgan fingerprint density at radius 2 is 1.93 bits per heavy atom. The zero-order valence-corrected chi connectivity index (χ0v) is 15.6. The molecule has 27 heavy (non-hydrogen) atoms. The summed E-state index contributed by atoms with van der Waals surface area (Å²) in [5, 5.41) is 0. The Bertz CT molecular complexity index is 976. The van der Waals surface area contributed by atoms with Crippen molar-refractivity contribution >= 4 is 0 Å². The molecule has 5 heteroatoms. The molecule has 1 atom stereocenters. The van der Waals surface area contributed by atoms with Gasteiger partial charge in [-0.3, -0.25) is 9.36 Å². The molecule has 1 unspecified atom stereocenters. The van der Waals surface area contributed by atoms with Gasteiger partial charge in [0.25, 0.3) is 5.56 Å². The predicted octanol–water partition coefficient (Wildman–Crippen LogP) is 3.14. The quantitative estimate of drug-likeness (QED) is 0.888. The van der Waals surface area contributed by atoms with Crippen LogP contribution in [-0.2, 0) is 23.1 Å². The highest BCUT2D eigenvalue weighted by atomic mass is 16.5. The molecule has 2 heterocycles. The minimum Gasteiger partial charge on any atom is -0.376 e. The molecule has 1 aromatic heterocycles. The van der Waals surface area contributed by atoms with E-state index in [1.165, 1.54) is 16.6 Å². The third kappa shape index (κ3) is 2.71. The molecule has 2 aromatic rings. The van der Waals surface area contributed by atoms with Crippen molar-refractivity contribution in [3.05, 3.63) is 56.2 Å². The fraction of sp³-hybridized carbons (Fsp3) is 0.545. The number of benzene rings is 1. The lowest BCUT2D eigenvalue weighted by Crippen LogP contribution is -2.48. The van der Waals surface area contributed by atoms with E-state index < -0.39 is 0 Å². The van der Waals surface area contributed by atoms with Gasteiger partial charge in [-0.15, -0.1) is 0 Å². The van der Waals surface area contributed by atoms with Crippen LogP contribution in [0.1, 0.15) is 56.1 Å². The average Bonchev–Trinajstić information content (AvgIpc) is 3.19. The molecule has 1 aliphatic heterocycles. The maximum Gasteiger partial charge on any atom is 0.328 e. The monoisotopic (exact) mass is 366 g/mol. The molecule has 1 saturated carbocycles. The van der Waals surface area contributed by atoms with E-state index in [9.17, 15) is 9.59 Å². The van der Waals surface area contributed by atoms with Gasteiger partial charge in [0.15, 0.2) is 0 Å². The van der Waals surface area contributed by atoms with Crippen LogP contribution in [0.25, 0.3) is 11.3 Å². The average molecular weight is 366 g/mol. The first-order chi connectivity index (χ1) is 13.2. The van der Waals surface area contributed by atoms with Crippen LogP contribution in [0.4, 0.5) is 0 Å². The van der Waals surface area contributed by atoms with Crippen molar-refractivity contribution in [3.63, 3.8) is 0 Å². The standard InChI is InChI=1S/C22H26N2O3/c25-20-18-19(23-21(26)24(20)14-16-8-6-12-27-16)17-9-3-2-7-15(17)13-22(18)10-4-1-5-11-22/h2-3,7,9,16H,1,4-6,8,10-14H2,(H,23,26). The maximum atomic E-state index is 13.6. The number of rotatable bonds is 2. The van der Waals surface area contributed by atoms with E-state index in [2.05, 4.69) is 17.1 Å². The molecular weight excluding hydrogens is 340 g/mol. The van der Waals surface area contributed by atoms with Crippen LogP contribution in [-0.4, -0.2) is 22.3 Å². The molecule has 5 nitrogen and oxygen atoms in total. The molecule has 1 spiro atoms. The molecule has 5 rings (SSSR count). The predicted molar refractivity (Wildman–Crippen MR) is 104 cm³/mol. The zero-order valence-electron chi connectivity index (χ0n) is 15.6. The van der Waals surface area contributed by atoms with Crippen LogP contribution in [0.3, 0.4) is 0 Å². The Morgan fingerprint density at radius 1 is 1.11 bits per heavy atom. The molecular formula is C22H26N2O3. The van der Waals surface area contributed by atoms with Gasteiger partial charge in [-0.05, 0) is 37.7 Å². The Kier molecular flexibility index (Phi) is 4.08. The van der Waals surface area contributed by atoms with Gasteiger partial charge in [-0.2, -0.15) is 0 Å². The first kappa shape index (κ1) is 17.0. The molecule has 1 aromatic carbocycles. The molecule has 2 aliphatic carbocycles. The third-order valence-corrected chi connectivity index (χ3v) is 6.75. The SMILES string of the molecule is O=c1[nH]c2c(c(=O)n1CC1CCCO1)C1(CCCCC1)Cc1ccccc1-2. The van der Waals surface area contributed by atoms with E-state index in [0.29, 0.717) is 6.54 Å². The molecule has 1 N–H and O–H groups in total. The van der Waals surface area contributed by atoms with Gasteiger partial charge in [0.2, 0.25) is 0 Å².